The van der Waals surface area contributed by atoms with E-state index in [1.807, 2.05) is 60.1 Å². The van der Waals surface area contributed by atoms with E-state index < -0.39 is 0 Å². The first-order valence-corrected chi connectivity index (χ1v) is 8.94. The minimum Gasteiger partial charge on any atom is -0.372 e. The molecule has 24 heavy (non-hydrogen) atoms. The van der Waals surface area contributed by atoms with E-state index >= 15 is 0 Å². The molecule has 0 aliphatic carbocycles. The van der Waals surface area contributed by atoms with Crippen LogP contribution in [0.5, 0.6) is 0 Å². The molecule has 0 spiro atoms. The molecule has 3 rings (SSSR count). The minimum atomic E-state index is -0.205. The number of aryl methyl sites for hydroxylation is 1. The van der Waals surface area contributed by atoms with E-state index in [2.05, 4.69) is 23.7 Å². The van der Waals surface area contributed by atoms with Crippen LogP contribution in [0.15, 0.2) is 53.5 Å². The number of fused-ring (bicyclic) bond motifs is 1. The maximum atomic E-state index is 12.5. The maximum absolute atomic E-state index is 12.5. The molecule has 0 unspecified atom stereocenters. The zero-order valence-electron chi connectivity index (χ0n) is 14.2. The normalized spacial score (nSPS) is 11.9. The van der Waals surface area contributed by atoms with Crippen LogP contribution in [0.2, 0.25) is 0 Å². The van der Waals surface area contributed by atoms with E-state index in [1.165, 1.54) is 11.3 Å². The highest BCUT2D eigenvalue weighted by Gasteiger charge is 2.08. The summed E-state index contributed by atoms with van der Waals surface area (Å²) in [5.41, 5.74) is 2.83. The van der Waals surface area contributed by atoms with Crippen molar-refractivity contribution in [1.29, 1.82) is 0 Å². The van der Waals surface area contributed by atoms with Crippen molar-refractivity contribution >= 4 is 33.1 Å². The second kappa shape index (κ2) is 7.01. The molecule has 0 saturated carbocycles. The zero-order valence-corrected chi connectivity index (χ0v) is 15.0. The van der Waals surface area contributed by atoms with Crippen LogP contribution in [0.4, 0.5) is 5.69 Å². The average Bonchev–Trinajstić information content (AvgIpc) is 2.93. The lowest BCUT2D eigenvalue weighted by Gasteiger charge is -2.20. The number of benzene rings is 2. The molecule has 0 atom stereocenters. The maximum Gasteiger partial charge on any atom is 0.279 e. The van der Waals surface area contributed by atoms with E-state index in [1.54, 1.807) is 0 Å². The number of para-hydroxylation sites is 1. The lowest BCUT2D eigenvalue weighted by molar-refractivity contribution is 0.0998. The molecule has 1 heterocycles. The Morgan fingerprint density at radius 3 is 2.38 bits per heavy atom. The van der Waals surface area contributed by atoms with Crippen LogP contribution in [0.3, 0.4) is 0 Å². The van der Waals surface area contributed by atoms with Gasteiger partial charge >= 0.3 is 0 Å². The number of amides is 1. The predicted molar refractivity (Wildman–Crippen MR) is 101 cm³/mol. The Kier molecular flexibility index (Phi) is 4.81. The lowest BCUT2D eigenvalue weighted by Crippen LogP contribution is -2.21. The van der Waals surface area contributed by atoms with E-state index in [0.717, 1.165) is 29.0 Å². The molecule has 124 valence electrons. The van der Waals surface area contributed by atoms with E-state index in [9.17, 15) is 4.79 Å². The molecule has 0 saturated heterocycles. The van der Waals surface area contributed by atoms with Crippen molar-refractivity contribution in [3.8, 4) is 0 Å². The Labute approximate surface area is 145 Å². The number of aromatic nitrogens is 1. The number of anilines is 1. The highest BCUT2D eigenvalue weighted by molar-refractivity contribution is 7.16. The molecule has 2 aromatic carbocycles. The number of carbonyl (C=O) groups excluding carboxylic acids is 1. The topological polar surface area (TPSA) is 37.6 Å². The van der Waals surface area contributed by atoms with Crippen molar-refractivity contribution in [2.45, 2.75) is 13.8 Å². The van der Waals surface area contributed by atoms with Gasteiger partial charge in [-0.25, -0.2) is 0 Å². The highest BCUT2D eigenvalue weighted by Crippen LogP contribution is 2.17. The number of thiazole rings is 1. The molecular formula is C19H21N3OS. The van der Waals surface area contributed by atoms with Gasteiger partial charge < -0.3 is 9.47 Å². The Morgan fingerprint density at radius 1 is 1.08 bits per heavy atom. The number of hydrogen-bond acceptors (Lipinski definition) is 3. The molecule has 1 amide bonds. The lowest BCUT2D eigenvalue weighted by atomic mass is 10.2. The first-order valence-electron chi connectivity index (χ1n) is 8.12. The summed E-state index contributed by atoms with van der Waals surface area (Å²) in [6.45, 7) is 6.15. The Hall–Kier alpha value is -2.40. The van der Waals surface area contributed by atoms with Gasteiger partial charge in [0.15, 0.2) is 4.80 Å². The van der Waals surface area contributed by atoms with Gasteiger partial charge in [0.2, 0.25) is 0 Å². The summed E-state index contributed by atoms with van der Waals surface area (Å²) in [7, 11) is 1.94. The Balaban J connectivity index is 1.92. The zero-order chi connectivity index (χ0) is 17.1. The van der Waals surface area contributed by atoms with Crippen molar-refractivity contribution < 1.29 is 4.79 Å². The summed E-state index contributed by atoms with van der Waals surface area (Å²) in [5, 5.41) is 0. The van der Waals surface area contributed by atoms with Gasteiger partial charge in [-0.2, -0.15) is 4.99 Å². The number of hydrogen-bond donors (Lipinski definition) is 0. The SMILES string of the molecule is CCN(CC)c1ccc(C(=O)N=c2sc3ccccc3n2C)cc1. The third-order valence-corrected chi connectivity index (χ3v) is 5.27. The van der Waals surface area contributed by atoms with Crippen molar-refractivity contribution in [2.75, 3.05) is 18.0 Å². The fourth-order valence-electron chi connectivity index (χ4n) is 2.74. The van der Waals surface area contributed by atoms with Gasteiger partial charge in [0.1, 0.15) is 0 Å². The molecule has 0 aliphatic rings. The molecule has 0 fully saturated rings. The van der Waals surface area contributed by atoms with E-state index in [4.69, 9.17) is 0 Å². The second-order valence-corrected chi connectivity index (χ2v) is 6.56. The van der Waals surface area contributed by atoms with Crippen LogP contribution in [0.1, 0.15) is 24.2 Å². The molecule has 0 radical (unpaired) electrons. The van der Waals surface area contributed by atoms with Crippen LogP contribution in [-0.2, 0) is 7.05 Å². The Bertz CT molecular complexity index is 918. The molecule has 5 heteroatoms. The first kappa shape index (κ1) is 16.5. The fourth-order valence-corrected chi connectivity index (χ4v) is 3.76. The van der Waals surface area contributed by atoms with Gasteiger partial charge in [0, 0.05) is 31.4 Å². The first-order chi connectivity index (χ1) is 11.6. The van der Waals surface area contributed by atoms with Gasteiger partial charge in [0.25, 0.3) is 5.91 Å². The summed E-state index contributed by atoms with van der Waals surface area (Å²) >= 11 is 1.53. The summed E-state index contributed by atoms with van der Waals surface area (Å²) in [6, 6.07) is 15.8. The van der Waals surface area contributed by atoms with E-state index in [0.29, 0.717) is 10.4 Å². The summed E-state index contributed by atoms with van der Waals surface area (Å²) in [4.78, 5) is 19.8. The quantitative estimate of drug-likeness (QED) is 0.724. The fraction of sp³-hybridized carbons (Fsp3) is 0.263. The van der Waals surface area contributed by atoms with Gasteiger partial charge in [0.05, 0.1) is 10.2 Å². The van der Waals surface area contributed by atoms with Crippen molar-refractivity contribution in [3.63, 3.8) is 0 Å². The van der Waals surface area contributed by atoms with Crippen LogP contribution >= 0.6 is 11.3 Å². The molecule has 4 nitrogen and oxygen atoms in total. The highest BCUT2D eigenvalue weighted by atomic mass is 32.1. The smallest absolute Gasteiger partial charge is 0.279 e. The largest absolute Gasteiger partial charge is 0.372 e. The minimum absolute atomic E-state index is 0.205. The Morgan fingerprint density at radius 2 is 1.75 bits per heavy atom. The van der Waals surface area contributed by atoms with Crippen LogP contribution in [0, 0.1) is 0 Å². The number of nitrogens with zero attached hydrogens (tertiary/aromatic N) is 3. The second-order valence-electron chi connectivity index (χ2n) is 5.55. The third kappa shape index (κ3) is 3.12. The van der Waals surface area contributed by atoms with Crippen molar-refractivity contribution in [3.05, 3.63) is 58.9 Å². The predicted octanol–water partition coefficient (Wildman–Crippen LogP) is 3.83. The average molecular weight is 339 g/mol. The van der Waals surface area contributed by atoms with Crippen LogP contribution < -0.4 is 9.70 Å². The van der Waals surface area contributed by atoms with Crippen molar-refractivity contribution in [1.82, 2.24) is 4.57 Å². The van der Waals surface area contributed by atoms with Crippen LogP contribution in [-0.4, -0.2) is 23.6 Å². The van der Waals surface area contributed by atoms with Gasteiger partial charge in [-0.15, -0.1) is 0 Å². The molecule has 0 N–H and O–H groups in total. The van der Waals surface area contributed by atoms with Gasteiger partial charge in [-0.1, -0.05) is 23.5 Å². The van der Waals surface area contributed by atoms with E-state index in [-0.39, 0.29) is 5.91 Å². The summed E-state index contributed by atoms with van der Waals surface area (Å²) in [5.74, 6) is -0.205. The van der Waals surface area contributed by atoms with Gasteiger partial charge in [-0.3, -0.25) is 4.79 Å². The molecular weight excluding hydrogens is 318 g/mol. The monoisotopic (exact) mass is 339 g/mol. The molecule has 3 aromatic rings. The number of rotatable bonds is 4. The molecule has 0 aliphatic heterocycles. The summed E-state index contributed by atoms with van der Waals surface area (Å²) < 4.78 is 3.09. The number of carbonyl (C=O) groups is 1. The molecule has 1 aromatic heterocycles. The molecule has 0 bridgehead atoms. The third-order valence-electron chi connectivity index (χ3n) is 4.15. The van der Waals surface area contributed by atoms with Crippen LogP contribution in [0.25, 0.3) is 10.2 Å². The van der Waals surface area contributed by atoms with Gasteiger partial charge in [-0.05, 0) is 50.2 Å². The van der Waals surface area contributed by atoms with Crippen molar-refractivity contribution in [2.24, 2.45) is 12.0 Å². The standard InChI is InChI=1S/C19H21N3OS/c1-4-22(5-2)15-12-10-14(11-13-15)18(23)20-19-21(3)16-8-6-7-9-17(16)24-19/h6-13H,4-5H2,1-3H3. The summed E-state index contributed by atoms with van der Waals surface area (Å²) in [6.07, 6.45) is 0.